The number of nitrogens with one attached hydrogen (secondary N) is 1. The number of carbonyl (C=O) groups excluding carboxylic acids is 2. The summed E-state index contributed by atoms with van der Waals surface area (Å²) >= 11 is 0. The van der Waals surface area contributed by atoms with Crippen molar-refractivity contribution in [3.05, 3.63) is 87.6 Å². The van der Waals surface area contributed by atoms with Crippen molar-refractivity contribution < 1.29 is 28.6 Å². The fourth-order valence-corrected chi connectivity index (χ4v) is 5.00. The number of aromatic nitrogens is 2. The summed E-state index contributed by atoms with van der Waals surface area (Å²) in [6.45, 7) is 2.43. The summed E-state index contributed by atoms with van der Waals surface area (Å²) in [5.41, 5.74) is 1.19. The zero-order chi connectivity index (χ0) is 27.1. The number of fused-ring (bicyclic) bond motifs is 5. The summed E-state index contributed by atoms with van der Waals surface area (Å²) in [6, 6.07) is 12.6. The molecule has 0 saturated heterocycles. The number of rotatable bonds is 7. The van der Waals surface area contributed by atoms with Gasteiger partial charge in [0.1, 0.15) is 24.7 Å². The third-order valence-electron chi connectivity index (χ3n) is 7.09. The summed E-state index contributed by atoms with van der Waals surface area (Å²) in [4.78, 5) is 42.4. The fourth-order valence-electron chi connectivity index (χ4n) is 5.00. The summed E-state index contributed by atoms with van der Waals surface area (Å²) in [5, 5.41) is 14.6. The Morgan fingerprint density at radius 2 is 2.13 bits per heavy atom. The van der Waals surface area contributed by atoms with Crippen LogP contribution in [0.4, 0.5) is 0 Å². The standard InChI is InChI=1S/C29H25N3O7/c1-2-29(36)22-14-24-26-18(15-32(24)27(34)21(22)16-39-28(29)35)12-17-13-20(5-7-23(17)31-26)38-11-9-30-25(33)8-6-19-4-3-10-37-19/h3-8,10,12-14,36H,2,9,11,15-16H2,1H3,(H,30,33)/b8-6+. The van der Waals surface area contributed by atoms with Crippen molar-refractivity contribution in [2.24, 2.45) is 0 Å². The van der Waals surface area contributed by atoms with E-state index in [1.165, 1.54) is 12.3 Å². The summed E-state index contributed by atoms with van der Waals surface area (Å²) < 4.78 is 17.7. The molecule has 1 atom stereocenters. The Bertz CT molecular complexity index is 1700. The molecule has 3 aromatic heterocycles. The van der Waals surface area contributed by atoms with Crippen LogP contribution in [0.5, 0.6) is 5.75 Å². The zero-order valence-electron chi connectivity index (χ0n) is 21.1. The van der Waals surface area contributed by atoms with Crippen LogP contribution in [-0.4, -0.2) is 39.7 Å². The molecule has 5 heterocycles. The Balaban J connectivity index is 1.19. The number of ether oxygens (including phenoxy) is 2. The van der Waals surface area contributed by atoms with Crippen LogP contribution in [0.15, 0.2) is 64.0 Å². The Hall–Kier alpha value is -4.70. The Morgan fingerprint density at radius 1 is 1.26 bits per heavy atom. The fraction of sp³-hybridized carbons (Fsp3) is 0.241. The van der Waals surface area contributed by atoms with E-state index in [-0.39, 0.29) is 31.1 Å². The van der Waals surface area contributed by atoms with Gasteiger partial charge in [-0.05, 0) is 55.0 Å². The first kappa shape index (κ1) is 24.6. The first-order valence-corrected chi connectivity index (χ1v) is 12.6. The van der Waals surface area contributed by atoms with Crippen LogP contribution in [0.25, 0.3) is 28.4 Å². The predicted molar refractivity (Wildman–Crippen MR) is 141 cm³/mol. The second-order valence-electron chi connectivity index (χ2n) is 9.44. The molecule has 0 radical (unpaired) electrons. The van der Waals surface area contributed by atoms with Gasteiger partial charge < -0.3 is 28.9 Å². The van der Waals surface area contributed by atoms with Gasteiger partial charge in [-0.1, -0.05) is 6.92 Å². The van der Waals surface area contributed by atoms with Gasteiger partial charge in [0, 0.05) is 22.6 Å². The number of hydrogen-bond donors (Lipinski definition) is 2. The van der Waals surface area contributed by atoms with Crippen molar-refractivity contribution in [1.29, 1.82) is 0 Å². The Kier molecular flexibility index (Phi) is 6.03. The van der Waals surface area contributed by atoms with E-state index in [0.717, 1.165) is 10.9 Å². The van der Waals surface area contributed by atoms with Gasteiger partial charge in [0.2, 0.25) is 5.91 Å². The Labute approximate surface area is 222 Å². The summed E-state index contributed by atoms with van der Waals surface area (Å²) in [7, 11) is 0. The number of pyridine rings is 2. The van der Waals surface area contributed by atoms with E-state index in [1.807, 2.05) is 18.2 Å². The van der Waals surface area contributed by atoms with Gasteiger partial charge in [0.25, 0.3) is 5.56 Å². The first-order valence-electron chi connectivity index (χ1n) is 12.6. The topological polar surface area (TPSA) is 133 Å². The minimum atomic E-state index is -1.86. The van der Waals surface area contributed by atoms with Crippen molar-refractivity contribution in [3.8, 4) is 17.1 Å². The minimum absolute atomic E-state index is 0.0911. The van der Waals surface area contributed by atoms with Crippen LogP contribution >= 0.6 is 0 Å². The monoisotopic (exact) mass is 527 g/mol. The molecule has 2 N–H and O–H groups in total. The average molecular weight is 528 g/mol. The molecule has 2 aliphatic heterocycles. The van der Waals surface area contributed by atoms with Crippen molar-refractivity contribution in [2.75, 3.05) is 13.2 Å². The lowest BCUT2D eigenvalue weighted by atomic mass is 9.86. The number of amides is 1. The van der Waals surface area contributed by atoms with E-state index in [4.69, 9.17) is 18.9 Å². The van der Waals surface area contributed by atoms with Gasteiger partial charge in [-0.3, -0.25) is 9.59 Å². The lowest BCUT2D eigenvalue weighted by molar-refractivity contribution is -0.172. The van der Waals surface area contributed by atoms with Crippen molar-refractivity contribution in [3.63, 3.8) is 0 Å². The minimum Gasteiger partial charge on any atom is -0.492 e. The maximum absolute atomic E-state index is 13.3. The van der Waals surface area contributed by atoms with Crippen LogP contribution in [0, 0.1) is 0 Å². The molecule has 1 aromatic carbocycles. The van der Waals surface area contributed by atoms with Gasteiger partial charge >= 0.3 is 5.97 Å². The third kappa shape index (κ3) is 4.28. The largest absolute Gasteiger partial charge is 0.492 e. The van der Waals surface area contributed by atoms with Gasteiger partial charge in [-0.2, -0.15) is 0 Å². The molecule has 6 rings (SSSR count). The van der Waals surface area contributed by atoms with Gasteiger partial charge in [-0.25, -0.2) is 9.78 Å². The molecule has 0 spiro atoms. The number of furan rings is 1. The van der Waals surface area contributed by atoms with E-state index in [0.29, 0.717) is 52.6 Å². The Morgan fingerprint density at radius 3 is 2.92 bits per heavy atom. The zero-order valence-corrected chi connectivity index (χ0v) is 21.1. The molecule has 0 aliphatic carbocycles. The number of carbonyl (C=O) groups is 2. The highest BCUT2D eigenvalue weighted by atomic mass is 16.6. The van der Waals surface area contributed by atoms with Gasteiger partial charge in [0.15, 0.2) is 5.60 Å². The van der Waals surface area contributed by atoms with Gasteiger partial charge in [0.05, 0.1) is 41.8 Å². The molecule has 198 valence electrons. The summed E-state index contributed by atoms with van der Waals surface area (Å²) in [6.07, 6.45) is 4.61. The molecule has 0 saturated carbocycles. The highest BCUT2D eigenvalue weighted by Crippen LogP contribution is 2.38. The number of hydrogen-bond acceptors (Lipinski definition) is 8. The van der Waals surface area contributed by atoms with Crippen LogP contribution in [0.3, 0.4) is 0 Å². The lowest BCUT2D eigenvalue weighted by Gasteiger charge is -2.31. The molecule has 0 bridgehead atoms. The molecule has 10 heteroatoms. The maximum atomic E-state index is 13.3. The third-order valence-corrected chi connectivity index (χ3v) is 7.09. The second kappa shape index (κ2) is 9.55. The van der Waals surface area contributed by atoms with Crippen molar-refractivity contribution in [2.45, 2.75) is 32.1 Å². The number of aliphatic hydroxyl groups is 1. The molecule has 2 aliphatic rings. The van der Waals surface area contributed by atoms with Crippen LogP contribution in [-0.2, 0) is 33.1 Å². The molecular formula is C29H25N3O7. The molecule has 1 amide bonds. The predicted octanol–water partition coefficient (Wildman–Crippen LogP) is 2.88. The van der Waals surface area contributed by atoms with E-state index < -0.39 is 11.6 Å². The van der Waals surface area contributed by atoms with E-state index >= 15 is 0 Å². The number of nitrogens with zero attached hydrogens (tertiary/aromatic N) is 2. The van der Waals surface area contributed by atoms with Crippen LogP contribution in [0.2, 0.25) is 0 Å². The SMILES string of the molecule is CCC1(O)C(=O)OCc2c1cc1n(c2=O)Cc2cc3cc(OCCNC(=O)/C=C/c4ccco4)ccc3nc2-1. The lowest BCUT2D eigenvalue weighted by Crippen LogP contribution is -2.44. The van der Waals surface area contributed by atoms with E-state index in [1.54, 1.807) is 41.8 Å². The highest BCUT2D eigenvalue weighted by Gasteiger charge is 2.45. The number of esters is 1. The average Bonchev–Trinajstić information content (AvgIpc) is 3.59. The summed E-state index contributed by atoms with van der Waals surface area (Å²) in [5.74, 6) is 0.218. The van der Waals surface area contributed by atoms with E-state index in [2.05, 4.69) is 5.32 Å². The number of cyclic esters (lactones) is 1. The molecule has 0 fully saturated rings. The second-order valence-corrected chi connectivity index (χ2v) is 9.44. The van der Waals surface area contributed by atoms with Crippen molar-refractivity contribution in [1.82, 2.24) is 14.9 Å². The highest BCUT2D eigenvalue weighted by molar-refractivity contribution is 5.91. The molecular weight excluding hydrogens is 502 g/mol. The van der Waals surface area contributed by atoms with E-state index in [9.17, 15) is 19.5 Å². The molecule has 39 heavy (non-hydrogen) atoms. The normalized spacial score (nSPS) is 17.5. The van der Waals surface area contributed by atoms with Crippen LogP contribution < -0.4 is 15.6 Å². The smallest absolute Gasteiger partial charge is 0.343 e. The quantitative estimate of drug-likeness (QED) is 0.188. The van der Waals surface area contributed by atoms with Crippen molar-refractivity contribution >= 4 is 28.9 Å². The molecule has 4 aromatic rings. The molecule has 1 unspecified atom stereocenters. The molecule has 10 nitrogen and oxygen atoms in total. The van der Waals surface area contributed by atoms with Crippen LogP contribution in [0.1, 0.15) is 35.8 Å². The first-order chi connectivity index (χ1) is 18.9. The van der Waals surface area contributed by atoms with Gasteiger partial charge in [-0.15, -0.1) is 0 Å². The maximum Gasteiger partial charge on any atom is 0.343 e. The number of benzene rings is 1.